The first-order chi connectivity index (χ1) is 7.76. The maximum absolute atomic E-state index is 5.33. The zero-order chi connectivity index (χ0) is 11.8. The molecule has 0 aliphatic heterocycles. The monoisotopic (exact) mass is 224 g/mol. The first-order valence-corrected chi connectivity index (χ1v) is 5.50. The van der Waals surface area contributed by atoms with Crippen molar-refractivity contribution in [3.63, 3.8) is 0 Å². The van der Waals surface area contributed by atoms with Crippen LogP contribution in [0.15, 0.2) is 17.4 Å². The standard InChI is InChI=1S/C10H20N6/c1-3-4-12-10(15-11)13-5-6-16-8-9(2)7-14-16/h7-8H,3-6,11H2,1-2H3,(H2,12,13,15). The molecule has 0 amide bonds. The molecule has 0 unspecified atom stereocenters. The molecule has 0 atom stereocenters. The number of nitrogens with two attached hydrogens (primary N) is 1. The molecule has 0 saturated heterocycles. The van der Waals surface area contributed by atoms with Crippen molar-refractivity contribution in [2.24, 2.45) is 10.8 Å². The van der Waals surface area contributed by atoms with Crippen molar-refractivity contribution in [3.05, 3.63) is 18.0 Å². The van der Waals surface area contributed by atoms with Gasteiger partial charge in [-0.05, 0) is 18.9 Å². The highest BCUT2D eigenvalue weighted by atomic mass is 15.3. The Morgan fingerprint density at radius 2 is 2.44 bits per heavy atom. The Bertz CT molecular complexity index is 330. The SMILES string of the molecule is CCCN=C(NN)NCCn1cc(C)cn1. The molecule has 0 spiro atoms. The molecule has 0 aliphatic carbocycles. The summed E-state index contributed by atoms with van der Waals surface area (Å²) in [7, 11) is 0. The van der Waals surface area contributed by atoms with Crippen LogP contribution in [-0.2, 0) is 6.54 Å². The Morgan fingerprint density at radius 1 is 1.62 bits per heavy atom. The first kappa shape index (κ1) is 12.5. The van der Waals surface area contributed by atoms with Crippen LogP contribution in [0.5, 0.6) is 0 Å². The molecule has 6 heteroatoms. The summed E-state index contributed by atoms with van der Waals surface area (Å²) in [6.45, 7) is 6.40. The highest BCUT2D eigenvalue weighted by molar-refractivity contribution is 5.79. The molecule has 0 saturated carbocycles. The second kappa shape index (κ2) is 6.84. The third-order valence-corrected chi connectivity index (χ3v) is 2.03. The number of hydrogen-bond acceptors (Lipinski definition) is 3. The van der Waals surface area contributed by atoms with Gasteiger partial charge in [0.25, 0.3) is 0 Å². The number of nitrogens with zero attached hydrogens (tertiary/aromatic N) is 3. The molecule has 4 N–H and O–H groups in total. The van der Waals surface area contributed by atoms with Gasteiger partial charge in [0, 0.05) is 19.3 Å². The van der Waals surface area contributed by atoms with Gasteiger partial charge in [0.15, 0.2) is 0 Å². The molecule has 1 heterocycles. The van der Waals surface area contributed by atoms with Crippen molar-refractivity contribution < 1.29 is 0 Å². The summed E-state index contributed by atoms with van der Waals surface area (Å²) >= 11 is 0. The molecule has 0 radical (unpaired) electrons. The van der Waals surface area contributed by atoms with Crippen molar-refractivity contribution >= 4 is 5.96 Å². The smallest absolute Gasteiger partial charge is 0.205 e. The van der Waals surface area contributed by atoms with Crippen molar-refractivity contribution in [2.45, 2.75) is 26.8 Å². The topological polar surface area (TPSA) is 80.3 Å². The van der Waals surface area contributed by atoms with Crippen molar-refractivity contribution in [3.8, 4) is 0 Å². The molecule has 0 aromatic carbocycles. The van der Waals surface area contributed by atoms with E-state index in [1.54, 1.807) is 0 Å². The van der Waals surface area contributed by atoms with E-state index in [1.807, 2.05) is 24.0 Å². The summed E-state index contributed by atoms with van der Waals surface area (Å²) in [6.07, 6.45) is 4.85. The molecule has 0 fully saturated rings. The molecule has 16 heavy (non-hydrogen) atoms. The zero-order valence-electron chi connectivity index (χ0n) is 9.90. The third kappa shape index (κ3) is 4.31. The van der Waals surface area contributed by atoms with Crippen LogP contribution in [-0.4, -0.2) is 28.8 Å². The Hall–Kier alpha value is -1.56. The molecule has 1 aromatic rings. The van der Waals surface area contributed by atoms with Gasteiger partial charge in [-0.25, -0.2) is 5.84 Å². The number of aromatic nitrogens is 2. The van der Waals surface area contributed by atoms with E-state index in [-0.39, 0.29) is 0 Å². The second-order valence-electron chi connectivity index (χ2n) is 3.58. The molecule has 1 rings (SSSR count). The van der Waals surface area contributed by atoms with Gasteiger partial charge >= 0.3 is 0 Å². The summed E-state index contributed by atoms with van der Waals surface area (Å²) < 4.78 is 1.89. The fraction of sp³-hybridized carbons (Fsp3) is 0.600. The van der Waals surface area contributed by atoms with Crippen molar-refractivity contribution in [1.29, 1.82) is 0 Å². The van der Waals surface area contributed by atoms with E-state index < -0.39 is 0 Å². The van der Waals surface area contributed by atoms with Crippen LogP contribution in [0.2, 0.25) is 0 Å². The molecular formula is C10H20N6. The predicted molar refractivity (Wildman–Crippen MR) is 64.9 cm³/mol. The van der Waals surface area contributed by atoms with Crippen LogP contribution in [0.1, 0.15) is 18.9 Å². The lowest BCUT2D eigenvalue weighted by atomic mass is 10.4. The van der Waals surface area contributed by atoms with E-state index >= 15 is 0 Å². The summed E-state index contributed by atoms with van der Waals surface area (Å²) in [5.74, 6) is 5.96. The number of hydrogen-bond donors (Lipinski definition) is 3. The van der Waals surface area contributed by atoms with E-state index in [9.17, 15) is 0 Å². The highest BCUT2D eigenvalue weighted by Gasteiger charge is 1.96. The molecule has 0 bridgehead atoms. The van der Waals surface area contributed by atoms with E-state index in [1.165, 1.54) is 0 Å². The van der Waals surface area contributed by atoms with Crippen molar-refractivity contribution in [1.82, 2.24) is 20.5 Å². The van der Waals surface area contributed by atoms with Crippen molar-refractivity contribution in [2.75, 3.05) is 13.1 Å². The van der Waals surface area contributed by atoms with E-state index in [0.717, 1.165) is 31.6 Å². The van der Waals surface area contributed by atoms with Gasteiger partial charge in [-0.1, -0.05) is 6.92 Å². The minimum atomic E-state index is 0.630. The Balaban J connectivity index is 2.28. The lowest BCUT2D eigenvalue weighted by molar-refractivity contribution is 0.597. The number of aryl methyl sites for hydroxylation is 1. The van der Waals surface area contributed by atoms with Crippen LogP contribution in [0.3, 0.4) is 0 Å². The second-order valence-corrected chi connectivity index (χ2v) is 3.58. The van der Waals surface area contributed by atoms with Gasteiger partial charge in [-0.15, -0.1) is 0 Å². The van der Waals surface area contributed by atoms with Crippen LogP contribution >= 0.6 is 0 Å². The summed E-state index contributed by atoms with van der Waals surface area (Å²) in [4.78, 5) is 4.24. The number of rotatable bonds is 5. The number of guanidine groups is 1. The average Bonchev–Trinajstić information content (AvgIpc) is 2.69. The maximum atomic E-state index is 5.33. The fourth-order valence-corrected chi connectivity index (χ4v) is 1.25. The lowest BCUT2D eigenvalue weighted by Gasteiger charge is -2.08. The van der Waals surface area contributed by atoms with Gasteiger partial charge in [0.1, 0.15) is 0 Å². The van der Waals surface area contributed by atoms with Crippen LogP contribution in [0.25, 0.3) is 0 Å². The predicted octanol–water partition coefficient (Wildman–Crippen LogP) is 0.0104. The average molecular weight is 224 g/mol. The molecule has 6 nitrogen and oxygen atoms in total. The quantitative estimate of drug-likeness (QED) is 0.285. The van der Waals surface area contributed by atoms with Crippen LogP contribution < -0.4 is 16.6 Å². The Labute approximate surface area is 95.9 Å². The normalized spacial score (nSPS) is 11.6. The number of aliphatic imine (C=N–C) groups is 1. The Morgan fingerprint density at radius 3 is 3.00 bits per heavy atom. The molecule has 0 aliphatic rings. The van der Waals surface area contributed by atoms with E-state index in [2.05, 4.69) is 27.8 Å². The van der Waals surface area contributed by atoms with E-state index in [4.69, 9.17) is 5.84 Å². The Kier molecular flexibility index (Phi) is 5.35. The zero-order valence-corrected chi connectivity index (χ0v) is 9.90. The van der Waals surface area contributed by atoms with E-state index in [0.29, 0.717) is 5.96 Å². The number of hydrazine groups is 1. The molecule has 1 aromatic heterocycles. The number of nitrogens with one attached hydrogen (secondary N) is 2. The van der Waals surface area contributed by atoms with Gasteiger partial charge < -0.3 is 5.32 Å². The maximum Gasteiger partial charge on any atom is 0.205 e. The summed E-state index contributed by atoms with van der Waals surface area (Å²) in [6, 6.07) is 0. The minimum absolute atomic E-state index is 0.630. The lowest BCUT2D eigenvalue weighted by Crippen LogP contribution is -2.42. The van der Waals surface area contributed by atoms with Gasteiger partial charge in [-0.3, -0.25) is 15.1 Å². The third-order valence-electron chi connectivity index (χ3n) is 2.03. The highest BCUT2D eigenvalue weighted by Crippen LogP contribution is 1.92. The molecular weight excluding hydrogens is 204 g/mol. The van der Waals surface area contributed by atoms with Crippen LogP contribution in [0.4, 0.5) is 0 Å². The fourth-order valence-electron chi connectivity index (χ4n) is 1.25. The van der Waals surface area contributed by atoms with Gasteiger partial charge in [-0.2, -0.15) is 5.10 Å². The van der Waals surface area contributed by atoms with Crippen LogP contribution in [0, 0.1) is 6.92 Å². The largest absolute Gasteiger partial charge is 0.353 e. The van der Waals surface area contributed by atoms with Gasteiger partial charge in [0.2, 0.25) is 5.96 Å². The summed E-state index contributed by atoms with van der Waals surface area (Å²) in [5.41, 5.74) is 3.70. The minimum Gasteiger partial charge on any atom is -0.353 e. The van der Waals surface area contributed by atoms with Gasteiger partial charge in [0.05, 0.1) is 12.7 Å². The first-order valence-electron chi connectivity index (χ1n) is 5.50. The summed E-state index contributed by atoms with van der Waals surface area (Å²) in [5, 5.41) is 7.30. The molecule has 90 valence electrons.